The van der Waals surface area contributed by atoms with Gasteiger partial charge in [0.25, 0.3) is 0 Å². The molecule has 6 nitrogen and oxygen atoms in total. The number of nitrogens with zero attached hydrogens (tertiary/aromatic N) is 1. The molecule has 1 amide bonds. The van der Waals surface area contributed by atoms with E-state index in [4.69, 9.17) is 12.2 Å². The minimum Gasteiger partial charge on any atom is -0.355 e. The van der Waals surface area contributed by atoms with Crippen LogP contribution in [0.25, 0.3) is 11.0 Å². The molecule has 2 aromatic rings. The van der Waals surface area contributed by atoms with Crippen molar-refractivity contribution in [3.05, 3.63) is 23.0 Å². The summed E-state index contributed by atoms with van der Waals surface area (Å²) in [6.45, 7) is 4.08. The van der Waals surface area contributed by atoms with Crippen molar-refractivity contribution >= 4 is 39.0 Å². The lowest BCUT2D eigenvalue weighted by atomic mass is 10.2. The van der Waals surface area contributed by atoms with Gasteiger partial charge in [0, 0.05) is 12.8 Å². The molecular formula is C13H17N3O3S2. The molecule has 0 aliphatic rings. The van der Waals surface area contributed by atoms with Gasteiger partial charge in [-0.2, -0.15) is 0 Å². The number of fused-ring (bicyclic) bond motifs is 1. The summed E-state index contributed by atoms with van der Waals surface area (Å²) in [6, 6.07) is 4.37. The number of nitrogens with one attached hydrogen (secondary N) is 2. The number of benzene rings is 1. The third kappa shape index (κ3) is 2.86. The minimum atomic E-state index is -3.38. The number of aromatic amines is 1. The van der Waals surface area contributed by atoms with E-state index in [9.17, 15) is 13.2 Å². The molecule has 0 saturated heterocycles. The van der Waals surface area contributed by atoms with Crippen LogP contribution in [0.2, 0.25) is 0 Å². The molecule has 1 aromatic heterocycles. The second-order valence-electron chi connectivity index (χ2n) is 4.79. The fraction of sp³-hybridized carbons (Fsp3) is 0.385. The van der Waals surface area contributed by atoms with E-state index in [1.807, 2.05) is 6.92 Å². The molecular weight excluding hydrogens is 310 g/mol. The van der Waals surface area contributed by atoms with Crippen LogP contribution in [0.15, 0.2) is 23.1 Å². The van der Waals surface area contributed by atoms with Gasteiger partial charge in [-0.15, -0.1) is 0 Å². The van der Waals surface area contributed by atoms with Gasteiger partial charge in [0.1, 0.15) is 6.04 Å². The molecule has 0 bridgehead atoms. The zero-order valence-corrected chi connectivity index (χ0v) is 13.6. The van der Waals surface area contributed by atoms with Crippen LogP contribution in [-0.4, -0.2) is 36.7 Å². The minimum absolute atomic E-state index is 0.167. The summed E-state index contributed by atoms with van der Waals surface area (Å²) in [5.41, 5.74) is 1.03. The lowest BCUT2D eigenvalue weighted by molar-refractivity contribution is -0.123. The summed E-state index contributed by atoms with van der Waals surface area (Å²) in [6.07, 6.45) is 1.14. The highest BCUT2D eigenvalue weighted by Crippen LogP contribution is 2.25. The van der Waals surface area contributed by atoms with Crippen LogP contribution < -0.4 is 5.32 Å². The second-order valence-corrected chi connectivity index (χ2v) is 7.16. The number of hydrogen-bond acceptors (Lipinski definition) is 4. The summed E-state index contributed by atoms with van der Waals surface area (Å²) in [7, 11) is -3.38. The summed E-state index contributed by atoms with van der Waals surface area (Å²) in [5.74, 6) is -0.167. The highest BCUT2D eigenvalue weighted by Gasteiger charge is 2.21. The predicted molar refractivity (Wildman–Crippen MR) is 83.6 cm³/mol. The first-order chi connectivity index (χ1) is 9.77. The highest BCUT2D eigenvalue weighted by atomic mass is 32.2. The van der Waals surface area contributed by atoms with Gasteiger partial charge < -0.3 is 14.9 Å². The first kappa shape index (κ1) is 15.7. The first-order valence-corrected chi connectivity index (χ1v) is 8.78. The van der Waals surface area contributed by atoms with Crippen molar-refractivity contribution in [1.29, 1.82) is 0 Å². The van der Waals surface area contributed by atoms with Crippen molar-refractivity contribution in [2.24, 2.45) is 0 Å². The molecule has 21 heavy (non-hydrogen) atoms. The fourth-order valence-corrected chi connectivity index (χ4v) is 3.47. The van der Waals surface area contributed by atoms with Crippen molar-refractivity contribution in [1.82, 2.24) is 14.9 Å². The zero-order chi connectivity index (χ0) is 15.8. The molecule has 0 radical (unpaired) electrons. The topological polar surface area (TPSA) is 84.0 Å². The predicted octanol–water partition coefficient (Wildman–Crippen LogP) is 1.80. The van der Waals surface area contributed by atoms with Crippen LogP contribution in [0, 0.1) is 4.77 Å². The number of imidazole rings is 1. The lowest BCUT2D eigenvalue weighted by Gasteiger charge is -2.14. The number of carbonyl (C=O) groups is 1. The molecule has 2 N–H and O–H groups in total. The molecule has 0 spiro atoms. The van der Waals surface area contributed by atoms with Gasteiger partial charge in [0.15, 0.2) is 14.6 Å². The van der Waals surface area contributed by atoms with Gasteiger partial charge in [-0.25, -0.2) is 8.42 Å². The zero-order valence-electron chi connectivity index (χ0n) is 12.0. The van der Waals surface area contributed by atoms with Crippen LogP contribution in [0.5, 0.6) is 0 Å². The Labute approximate surface area is 128 Å². The van der Waals surface area contributed by atoms with Crippen LogP contribution >= 0.6 is 12.2 Å². The van der Waals surface area contributed by atoms with Crippen molar-refractivity contribution < 1.29 is 13.2 Å². The number of aromatic nitrogens is 2. The Hall–Kier alpha value is -1.67. The Bertz CT molecular complexity index is 849. The number of rotatable bonds is 4. The Morgan fingerprint density at radius 3 is 2.71 bits per heavy atom. The molecule has 1 aromatic carbocycles. The quantitative estimate of drug-likeness (QED) is 0.839. The smallest absolute Gasteiger partial charge is 0.242 e. The van der Waals surface area contributed by atoms with Crippen LogP contribution in [0.3, 0.4) is 0 Å². The molecule has 8 heteroatoms. The molecule has 0 aliphatic heterocycles. The number of likely N-dealkylation sites (N-methyl/N-ethyl adjacent to an activating group) is 1. The normalized spacial score (nSPS) is 13.3. The molecule has 0 fully saturated rings. The maximum Gasteiger partial charge on any atom is 0.242 e. The Morgan fingerprint density at radius 2 is 2.14 bits per heavy atom. The van der Waals surface area contributed by atoms with Crippen LogP contribution in [0.1, 0.15) is 19.9 Å². The summed E-state index contributed by atoms with van der Waals surface area (Å²) in [5, 5.41) is 2.73. The standard InChI is InChI=1S/C13H17N3O3S2/c1-4-14-12(17)8(2)16-9-6-5-7-10(21(3,18)19)11(9)15-13(16)20/h5-8H,4H2,1-3H3,(H,14,17)(H,15,20). The average molecular weight is 327 g/mol. The van der Waals surface area contributed by atoms with E-state index in [0.717, 1.165) is 6.26 Å². The molecule has 0 saturated carbocycles. The SMILES string of the molecule is CCNC(=O)C(C)n1c(=S)[nH]c2c(S(C)(=O)=O)cccc21. The second kappa shape index (κ2) is 5.61. The van der Waals surface area contributed by atoms with Gasteiger partial charge in [-0.05, 0) is 38.2 Å². The van der Waals surface area contributed by atoms with E-state index < -0.39 is 15.9 Å². The van der Waals surface area contributed by atoms with Gasteiger partial charge in [-0.3, -0.25) is 4.79 Å². The number of hydrogen-bond donors (Lipinski definition) is 2. The van der Waals surface area contributed by atoms with Gasteiger partial charge in [0.2, 0.25) is 5.91 Å². The largest absolute Gasteiger partial charge is 0.355 e. The van der Waals surface area contributed by atoms with Crippen LogP contribution in [-0.2, 0) is 14.6 Å². The number of para-hydroxylation sites is 1. The summed E-state index contributed by atoms with van der Waals surface area (Å²) in [4.78, 5) is 15.1. The number of amides is 1. The number of sulfone groups is 1. The third-order valence-electron chi connectivity index (χ3n) is 3.23. The summed E-state index contributed by atoms with van der Waals surface area (Å²) < 4.78 is 25.6. The summed E-state index contributed by atoms with van der Waals surface area (Å²) >= 11 is 5.25. The van der Waals surface area contributed by atoms with E-state index >= 15 is 0 Å². The van der Waals surface area contributed by atoms with Gasteiger partial charge in [0.05, 0.1) is 15.9 Å². The molecule has 2 rings (SSSR count). The average Bonchev–Trinajstić information content (AvgIpc) is 2.72. The Kier molecular flexibility index (Phi) is 4.20. The molecule has 1 atom stereocenters. The van der Waals surface area contributed by atoms with E-state index in [1.54, 1.807) is 23.6 Å². The molecule has 114 valence electrons. The Morgan fingerprint density at radius 1 is 1.48 bits per heavy atom. The van der Waals surface area contributed by atoms with E-state index in [-0.39, 0.29) is 10.8 Å². The van der Waals surface area contributed by atoms with Crippen molar-refractivity contribution in [2.45, 2.75) is 24.8 Å². The highest BCUT2D eigenvalue weighted by molar-refractivity contribution is 7.91. The van der Waals surface area contributed by atoms with E-state index in [2.05, 4.69) is 10.3 Å². The molecule has 1 heterocycles. The first-order valence-electron chi connectivity index (χ1n) is 6.48. The van der Waals surface area contributed by atoms with E-state index in [1.165, 1.54) is 6.07 Å². The molecule has 0 aliphatic carbocycles. The number of carbonyl (C=O) groups excluding carboxylic acids is 1. The maximum absolute atomic E-state index is 12.0. The van der Waals surface area contributed by atoms with Crippen molar-refractivity contribution in [2.75, 3.05) is 12.8 Å². The number of H-pyrrole nitrogens is 1. The van der Waals surface area contributed by atoms with Gasteiger partial charge >= 0.3 is 0 Å². The maximum atomic E-state index is 12.0. The lowest BCUT2D eigenvalue weighted by Crippen LogP contribution is -2.30. The van der Waals surface area contributed by atoms with Gasteiger partial charge in [-0.1, -0.05) is 6.07 Å². The Balaban J connectivity index is 2.70. The van der Waals surface area contributed by atoms with Crippen molar-refractivity contribution in [3.63, 3.8) is 0 Å². The van der Waals surface area contributed by atoms with Crippen LogP contribution in [0.4, 0.5) is 0 Å². The monoisotopic (exact) mass is 327 g/mol. The fourth-order valence-electron chi connectivity index (χ4n) is 2.26. The van der Waals surface area contributed by atoms with E-state index in [0.29, 0.717) is 22.3 Å². The molecule has 1 unspecified atom stereocenters. The third-order valence-corrected chi connectivity index (χ3v) is 4.67. The van der Waals surface area contributed by atoms with Crippen molar-refractivity contribution in [3.8, 4) is 0 Å².